The normalized spacial score (nSPS) is 17.8. The second kappa shape index (κ2) is 4.69. The molecule has 1 heterocycles. The second-order valence-corrected chi connectivity index (χ2v) is 4.74. The monoisotopic (exact) mass is 244 g/mol. The standard InChI is InChI=1S/C11H14Cl2N2/c1-2-14-10(7-3-4-7)11-9(13)5-8(12)6-15-11/h5-7,10,14H,2-4H2,1H3. The van der Waals surface area contributed by atoms with Crippen LogP contribution in [0.25, 0.3) is 0 Å². The average Bonchev–Trinajstić information content (AvgIpc) is 2.98. The lowest BCUT2D eigenvalue weighted by molar-refractivity contribution is 0.485. The van der Waals surface area contributed by atoms with E-state index in [1.54, 1.807) is 12.3 Å². The van der Waals surface area contributed by atoms with E-state index in [2.05, 4.69) is 17.2 Å². The first-order valence-corrected chi connectivity index (χ1v) is 6.02. The third-order valence-electron chi connectivity index (χ3n) is 2.65. The van der Waals surface area contributed by atoms with E-state index in [1.807, 2.05) is 0 Å². The number of pyridine rings is 1. The Hall–Kier alpha value is -0.310. The number of hydrogen-bond acceptors (Lipinski definition) is 2. The summed E-state index contributed by atoms with van der Waals surface area (Å²) in [5, 5.41) is 4.69. The summed E-state index contributed by atoms with van der Waals surface area (Å²) in [6.45, 7) is 3.03. The molecule has 0 saturated heterocycles. The maximum Gasteiger partial charge on any atom is 0.0762 e. The Kier molecular flexibility index (Phi) is 3.49. The summed E-state index contributed by atoms with van der Waals surface area (Å²) in [6.07, 6.45) is 4.19. The van der Waals surface area contributed by atoms with Gasteiger partial charge in [-0.2, -0.15) is 0 Å². The van der Waals surface area contributed by atoms with Crippen molar-refractivity contribution in [1.29, 1.82) is 0 Å². The molecule has 1 saturated carbocycles. The van der Waals surface area contributed by atoms with Crippen molar-refractivity contribution >= 4 is 23.2 Å². The molecule has 1 fully saturated rings. The van der Waals surface area contributed by atoms with Gasteiger partial charge < -0.3 is 5.32 Å². The molecule has 1 aliphatic carbocycles. The lowest BCUT2D eigenvalue weighted by Gasteiger charge is -2.17. The fourth-order valence-electron chi connectivity index (χ4n) is 1.79. The van der Waals surface area contributed by atoms with Gasteiger partial charge in [0.1, 0.15) is 0 Å². The molecule has 0 spiro atoms. The lowest BCUT2D eigenvalue weighted by Crippen LogP contribution is -2.23. The molecule has 82 valence electrons. The molecule has 1 atom stereocenters. The van der Waals surface area contributed by atoms with Crippen LogP contribution in [0.15, 0.2) is 12.3 Å². The van der Waals surface area contributed by atoms with E-state index in [-0.39, 0.29) is 0 Å². The molecular weight excluding hydrogens is 231 g/mol. The summed E-state index contributed by atoms with van der Waals surface area (Å²) in [5.74, 6) is 0.691. The fraction of sp³-hybridized carbons (Fsp3) is 0.545. The summed E-state index contributed by atoms with van der Waals surface area (Å²) < 4.78 is 0. The van der Waals surface area contributed by atoms with Gasteiger partial charge in [-0.1, -0.05) is 30.1 Å². The summed E-state index contributed by atoms with van der Waals surface area (Å²) in [6, 6.07) is 2.05. The minimum absolute atomic E-state index is 0.291. The largest absolute Gasteiger partial charge is 0.309 e. The van der Waals surface area contributed by atoms with Crippen molar-refractivity contribution in [2.45, 2.75) is 25.8 Å². The molecule has 1 aromatic rings. The van der Waals surface area contributed by atoms with E-state index >= 15 is 0 Å². The van der Waals surface area contributed by atoms with Crippen molar-refractivity contribution in [2.75, 3.05) is 6.54 Å². The molecule has 0 aromatic carbocycles. The van der Waals surface area contributed by atoms with E-state index in [0.29, 0.717) is 22.0 Å². The van der Waals surface area contributed by atoms with Gasteiger partial charge >= 0.3 is 0 Å². The number of nitrogens with one attached hydrogen (secondary N) is 1. The SMILES string of the molecule is CCNC(c1ncc(Cl)cc1Cl)C1CC1. The van der Waals surface area contributed by atoms with Gasteiger partial charge in [-0.05, 0) is 31.4 Å². The molecule has 1 aromatic heterocycles. The minimum atomic E-state index is 0.291. The van der Waals surface area contributed by atoms with Crippen LogP contribution in [0.4, 0.5) is 0 Å². The molecular formula is C11H14Cl2N2. The van der Waals surface area contributed by atoms with E-state index in [4.69, 9.17) is 23.2 Å². The zero-order valence-corrected chi connectivity index (χ0v) is 10.1. The first kappa shape index (κ1) is 11.2. The third-order valence-corrected chi connectivity index (χ3v) is 3.16. The number of nitrogens with zero attached hydrogens (tertiary/aromatic N) is 1. The highest BCUT2D eigenvalue weighted by atomic mass is 35.5. The van der Waals surface area contributed by atoms with Gasteiger partial charge in [0, 0.05) is 6.20 Å². The maximum absolute atomic E-state index is 6.14. The van der Waals surface area contributed by atoms with Crippen molar-refractivity contribution in [3.8, 4) is 0 Å². The summed E-state index contributed by atoms with van der Waals surface area (Å²) in [4.78, 5) is 4.33. The molecule has 0 aliphatic heterocycles. The smallest absolute Gasteiger partial charge is 0.0762 e. The van der Waals surface area contributed by atoms with Gasteiger partial charge in [-0.15, -0.1) is 0 Å². The molecule has 0 bridgehead atoms. The quantitative estimate of drug-likeness (QED) is 0.878. The molecule has 1 unspecified atom stereocenters. The van der Waals surface area contributed by atoms with Crippen LogP contribution in [-0.4, -0.2) is 11.5 Å². The predicted molar refractivity (Wildman–Crippen MR) is 63.4 cm³/mol. The Bertz CT molecular complexity index is 350. The van der Waals surface area contributed by atoms with Crippen LogP contribution in [0.1, 0.15) is 31.5 Å². The fourth-order valence-corrected chi connectivity index (χ4v) is 2.29. The van der Waals surface area contributed by atoms with Crippen LogP contribution in [0.3, 0.4) is 0 Å². The Labute approximate surface area is 100.0 Å². The van der Waals surface area contributed by atoms with Crippen LogP contribution >= 0.6 is 23.2 Å². The Balaban J connectivity index is 2.24. The first-order valence-electron chi connectivity index (χ1n) is 5.26. The maximum atomic E-state index is 6.14. The van der Waals surface area contributed by atoms with Crippen molar-refractivity contribution in [3.63, 3.8) is 0 Å². The minimum Gasteiger partial charge on any atom is -0.309 e. The molecule has 1 N–H and O–H groups in total. The zero-order chi connectivity index (χ0) is 10.8. The van der Waals surface area contributed by atoms with Crippen LogP contribution in [-0.2, 0) is 0 Å². The molecule has 1 aliphatic rings. The summed E-state index contributed by atoms with van der Waals surface area (Å²) in [5.41, 5.74) is 0.936. The van der Waals surface area contributed by atoms with Gasteiger partial charge in [0.25, 0.3) is 0 Å². The van der Waals surface area contributed by atoms with Gasteiger partial charge in [0.15, 0.2) is 0 Å². The van der Waals surface area contributed by atoms with Crippen LogP contribution in [0, 0.1) is 5.92 Å². The second-order valence-electron chi connectivity index (χ2n) is 3.89. The lowest BCUT2D eigenvalue weighted by atomic mass is 10.1. The highest BCUT2D eigenvalue weighted by Crippen LogP contribution is 2.42. The number of aromatic nitrogens is 1. The molecule has 0 amide bonds. The van der Waals surface area contributed by atoms with E-state index in [1.165, 1.54) is 12.8 Å². The van der Waals surface area contributed by atoms with Gasteiger partial charge in [0.2, 0.25) is 0 Å². The number of hydrogen-bond donors (Lipinski definition) is 1. The molecule has 4 heteroatoms. The summed E-state index contributed by atoms with van der Waals surface area (Å²) >= 11 is 12.0. The van der Waals surface area contributed by atoms with Crippen LogP contribution in [0.2, 0.25) is 10.0 Å². The predicted octanol–water partition coefficient (Wildman–Crippen LogP) is 3.45. The third kappa shape index (κ3) is 2.63. The van der Waals surface area contributed by atoms with Crippen molar-refractivity contribution < 1.29 is 0 Å². The Morgan fingerprint density at radius 1 is 1.53 bits per heavy atom. The topological polar surface area (TPSA) is 24.9 Å². The Morgan fingerprint density at radius 3 is 2.80 bits per heavy atom. The van der Waals surface area contributed by atoms with Crippen molar-refractivity contribution in [3.05, 3.63) is 28.0 Å². The Morgan fingerprint density at radius 2 is 2.27 bits per heavy atom. The zero-order valence-electron chi connectivity index (χ0n) is 8.63. The molecule has 2 rings (SSSR count). The number of rotatable bonds is 4. The van der Waals surface area contributed by atoms with Crippen LogP contribution in [0.5, 0.6) is 0 Å². The summed E-state index contributed by atoms with van der Waals surface area (Å²) in [7, 11) is 0. The van der Waals surface area contributed by atoms with Gasteiger partial charge in [0.05, 0.1) is 21.8 Å². The highest BCUT2D eigenvalue weighted by Gasteiger charge is 2.33. The van der Waals surface area contributed by atoms with E-state index in [0.717, 1.165) is 12.2 Å². The molecule has 2 nitrogen and oxygen atoms in total. The van der Waals surface area contributed by atoms with Crippen molar-refractivity contribution in [2.24, 2.45) is 5.92 Å². The number of halogens is 2. The van der Waals surface area contributed by atoms with E-state index in [9.17, 15) is 0 Å². The van der Waals surface area contributed by atoms with Crippen molar-refractivity contribution in [1.82, 2.24) is 10.3 Å². The molecule has 0 radical (unpaired) electrons. The average molecular weight is 245 g/mol. The molecule has 15 heavy (non-hydrogen) atoms. The van der Waals surface area contributed by atoms with Gasteiger partial charge in [-0.25, -0.2) is 0 Å². The van der Waals surface area contributed by atoms with E-state index < -0.39 is 0 Å². The highest BCUT2D eigenvalue weighted by molar-refractivity contribution is 6.34. The first-order chi connectivity index (χ1) is 7.22. The van der Waals surface area contributed by atoms with Gasteiger partial charge in [-0.3, -0.25) is 4.98 Å². The van der Waals surface area contributed by atoms with Crippen LogP contribution < -0.4 is 5.32 Å².